The predicted octanol–water partition coefficient (Wildman–Crippen LogP) is 2.79. The Balaban J connectivity index is 2.26. The average Bonchev–Trinajstić information content (AvgIpc) is 2.41. The highest BCUT2D eigenvalue weighted by Crippen LogP contribution is 2.18. The lowest BCUT2D eigenvalue weighted by Crippen LogP contribution is -2.08. The van der Waals surface area contributed by atoms with E-state index in [2.05, 4.69) is 4.98 Å². The Hall–Kier alpha value is -2.30. The Morgan fingerprint density at radius 1 is 1.32 bits per heavy atom. The molecule has 0 radical (unpaired) electrons. The number of hydrogen-bond donors (Lipinski definition) is 0. The van der Waals surface area contributed by atoms with Crippen molar-refractivity contribution in [2.24, 2.45) is 0 Å². The molecular weight excluding hydrogens is 252 g/mol. The van der Waals surface area contributed by atoms with Crippen LogP contribution in [0.15, 0.2) is 36.5 Å². The van der Waals surface area contributed by atoms with Crippen molar-refractivity contribution in [3.8, 4) is 5.88 Å². The summed E-state index contributed by atoms with van der Waals surface area (Å²) in [6.45, 7) is 0. The molecule has 0 saturated carbocycles. The van der Waals surface area contributed by atoms with Crippen LogP contribution in [0.1, 0.15) is 15.9 Å². The number of pyridine rings is 1. The van der Waals surface area contributed by atoms with Crippen molar-refractivity contribution in [1.82, 2.24) is 4.98 Å². The van der Waals surface area contributed by atoms with E-state index >= 15 is 0 Å². The van der Waals surface area contributed by atoms with Gasteiger partial charge in [0.1, 0.15) is 11.6 Å². The third-order valence-electron chi connectivity index (χ3n) is 2.63. The van der Waals surface area contributed by atoms with Gasteiger partial charge in [0.05, 0.1) is 12.7 Å². The summed E-state index contributed by atoms with van der Waals surface area (Å²) >= 11 is 0. The van der Waals surface area contributed by atoms with Crippen LogP contribution in [0.4, 0.5) is 8.78 Å². The summed E-state index contributed by atoms with van der Waals surface area (Å²) in [6.07, 6.45) is 1.32. The number of ketones is 1. The zero-order valence-corrected chi connectivity index (χ0v) is 10.2. The molecule has 3 nitrogen and oxygen atoms in total. The van der Waals surface area contributed by atoms with Crippen molar-refractivity contribution < 1.29 is 18.3 Å². The zero-order chi connectivity index (χ0) is 13.8. The van der Waals surface area contributed by atoms with Gasteiger partial charge in [-0.1, -0.05) is 6.07 Å². The fourth-order valence-corrected chi connectivity index (χ4v) is 1.70. The molecule has 0 atom stereocenters. The molecule has 0 unspecified atom stereocenters. The van der Waals surface area contributed by atoms with Crippen LogP contribution in [0.2, 0.25) is 0 Å². The van der Waals surface area contributed by atoms with Gasteiger partial charge in [-0.15, -0.1) is 0 Å². The fourth-order valence-electron chi connectivity index (χ4n) is 1.70. The molecule has 0 amide bonds. The van der Waals surface area contributed by atoms with Gasteiger partial charge in [0, 0.05) is 18.7 Å². The van der Waals surface area contributed by atoms with Crippen LogP contribution in [0.5, 0.6) is 5.88 Å². The van der Waals surface area contributed by atoms with Gasteiger partial charge in [-0.05, 0) is 23.8 Å². The number of carbonyl (C=O) groups excluding carboxylic acids is 1. The van der Waals surface area contributed by atoms with Gasteiger partial charge in [-0.25, -0.2) is 13.8 Å². The highest BCUT2D eigenvalue weighted by molar-refractivity contribution is 5.99. The molecule has 0 spiro atoms. The minimum atomic E-state index is -0.740. The highest BCUT2D eigenvalue weighted by Gasteiger charge is 2.15. The van der Waals surface area contributed by atoms with Gasteiger partial charge in [0.25, 0.3) is 0 Å². The largest absolute Gasteiger partial charge is 0.480 e. The summed E-state index contributed by atoms with van der Waals surface area (Å²) in [6, 6.07) is 6.27. The molecular formula is C14H11F2NO2. The van der Waals surface area contributed by atoms with Crippen LogP contribution in [-0.2, 0) is 6.42 Å². The predicted molar refractivity (Wildman–Crippen MR) is 65.2 cm³/mol. The molecule has 0 saturated heterocycles. The number of benzene rings is 1. The molecule has 1 heterocycles. The molecule has 1 aromatic carbocycles. The molecule has 2 rings (SSSR count). The number of ether oxygens (including phenoxy) is 1. The zero-order valence-electron chi connectivity index (χ0n) is 10.2. The maximum Gasteiger partial charge on any atom is 0.224 e. The lowest BCUT2D eigenvalue weighted by atomic mass is 10.0. The van der Waals surface area contributed by atoms with E-state index in [0.717, 1.165) is 12.1 Å². The maximum atomic E-state index is 13.5. The molecule has 0 bridgehead atoms. The highest BCUT2D eigenvalue weighted by atomic mass is 19.1. The van der Waals surface area contributed by atoms with Gasteiger partial charge in [0.15, 0.2) is 5.78 Å². The molecule has 0 N–H and O–H groups in total. The number of hydrogen-bond acceptors (Lipinski definition) is 3. The van der Waals surface area contributed by atoms with Crippen molar-refractivity contribution >= 4 is 5.78 Å². The summed E-state index contributed by atoms with van der Waals surface area (Å²) in [7, 11) is 1.40. The van der Waals surface area contributed by atoms with E-state index in [0.29, 0.717) is 0 Å². The Morgan fingerprint density at radius 2 is 2.11 bits per heavy atom. The van der Waals surface area contributed by atoms with E-state index in [1.165, 1.54) is 19.4 Å². The van der Waals surface area contributed by atoms with E-state index in [9.17, 15) is 13.6 Å². The van der Waals surface area contributed by atoms with Crippen LogP contribution < -0.4 is 4.74 Å². The normalized spacial score (nSPS) is 10.3. The number of halogens is 2. The van der Waals surface area contributed by atoms with Crippen LogP contribution in [0.25, 0.3) is 0 Å². The lowest BCUT2D eigenvalue weighted by molar-refractivity contribution is 0.0988. The van der Waals surface area contributed by atoms with Crippen molar-refractivity contribution in [3.05, 3.63) is 59.3 Å². The first-order chi connectivity index (χ1) is 9.11. The molecule has 0 aliphatic carbocycles. The summed E-state index contributed by atoms with van der Waals surface area (Å²) in [5, 5.41) is 0. The fraction of sp³-hybridized carbons (Fsp3) is 0.143. The third-order valence-corrected chi connectivity index (χ3v) is 2.63. The van der Waals surface area contributed by atoms with Crippen molar-refractivity contribution in [2.75, 3.05) is 7.11 Å². The van der Waals surface area contributed by atoms with Crippen molar-refractivity contribution in [1.29, 1.82) is 0 Å². The summed E-state index contributed by atoms with van der Waals surface area (Å²) < 4.78 is 31.2. The van der Waals surface area contributed by atoms with Crippen LogP contribution in [0.3, 0.4) is 0 Å². The minimum Gasteiger partial charge on any atom is -0.480 e. The lowest BCUT2D eigenvalue weighted by Gasteiger charge is -2.06. The molecule has 5 heteroatoms. The van der Waals surface area contributed by atoms with E-state index < -0.39 is 11.6 Å². The third kappa shape index (κ3) is 2.93. The maximum absolute atomic E-state index is 13.5. The standard InChI is InChI=1S/C14H11F2NO2/c1-19-14-11(3-2-6-17-14)13(18)7-9-4-5-10(15)8-12(9)16/h2-6,8H,7H2,1H3. The van der Waals surface area contributed by atoms with E-state index in [4.69, 9.17) is 4.74 Å². The van der Waals surface area contributed by atoms with Crippen molar-refractivity contribution in [2.45, 2.75) is 6.42 Å². The molecule has 0 aliphatic rings. The van der Waals surface area contributed by atoms with Gasteiger partial charge in [-0.3, -0.25) is 4.79 Å². The van der Waals surface area contributed by atoms with Crippen LogP contribution in [0, 0.1) is 11.6 Å². The number of carbonyl (C=O) groups is 1. The minimum absolute atomic E-state index is 0.136. The molecule has 0 fully saturated rings. The number of Topliss-reactive ketones (excluding diaryl/α,β-unsaturated/α-hetero) is 1. The number of methoxy groups -OCH3 is 1. The quantitative estimate of drug-likeness (QED) is 0.796. The monoisotopic (exact) mass is 263 g/mol. The van der Waals surface area contributed by atoms with E-state index in [1.807, 2.05) is 0 Å². The number of aromatic nitrogens is 1. The Kier molecular flexibility index (Phi) is 3.85. The molecule has 1 aromatic heterocycles. The summed E-state index contributed by atoms with van der Waals surface area (Å²) in [5.41, 5.74) is 0.408. The first-order valence-electron chi connectivity index (χ1n) is 5.58. The molecule has 2 aromatic rings. The smallest absolute Gasteiger partial charge is 0.224 e. The van der Waals surface area contributed by atoms with Gasteiger partial charge in [0.2, 0.25) is 5.88 Å². The Morgan fingerprint density at radius 3 is 2.79 bits per heavy atom. The van der Waals surface area contributed by atoms with Gasteiger partial charge in [-0.2, -0.15) is 0 Å². The topological polar surface area (TPSA) is 39.2 Å². The van der Waals surface area contributed by atoms with Gasteiger partial charge >= 0.3 is 0 Å². The van der Waals surface area contributed by atoms with E-state index in [1.54, 1.807) is 12.1 Å². The van der Waals surface area contributed by atoms with Crippen molar-refractivity contribution in [3.63, 3.8) is 0 Å². The van der Waals surface area contributed by atoms with Crippen LogP contribution >= 0.6 is 0 Å². The molecule has 98 valence electrons. The Labute approximate surface area is 108 Å². The SMILES string of the molecule is COc1ncccc1C(=O)Cc1ccc(F)cc1F. The molecule has 0 aliphatic heterocycles. The second-order valence-electron chi connectivity index (χ2n) is 3.90. The summed E-state index contributed by atoms with van der Waals surface area (Å²) in [5.74, 6) is -1.56. The number of rotatable bonds is 4. The van der Waals surface area contributed by atoms with Crippen LogP contribution in [-0.4, -0.2) is 17.9 Å². The van der Waals surface area contributed by atoms with E-state index in [-0.39, 0.29) is 29.2 Å². The average molecular weight is 263 g/mol. The second-order valence-corrected chi connectivity index (χ2v) is 3.90. The first kappa shape index (κ1) is 13.1. The Bertz CT molecular complexity index is 614. The van der Waals surface area contributed by atoms with Gasteiger partial charge < -0.3 is 4.74 Å². The first-order valence-corrected chi connectivity index (χ1v) is 5.58. The number of nitrogens with zero attached hydrogens (tertiary/aromatic N) is 1. The molecule has 19 heavy (non-hydrogen) atoms. The summed E-state index contributed by atoms with van der Waals surface area (Å²) in [4.78, 5) is 16.0. The second kappa shape index (κ2) is 5.56.